The Bertz CT molecular complexity index is 1470. The van der Waals surface area contributed by atoms with Gasteiger partial charge in [-0.25, -0.2) is 0 Å². The summed E-state index contributed by atoms with van der Waals surface area (Å²) in [5, 5.41) is 1.09. The van der Waals surface area contributed by atoms with Crippen LogP contribution in [0.4, 0.5) is 0 Å². The molecule has 0 bridgehead atoms. The molecule has 0 spiro atoms. The molecule has 0 radical (unpaired) electrons. The predicted molar refractivity (Wildman–Crippen MR) is 127 cm³/mol. The average Bonchev–Trinajstić information content (AvgIpc) is 3.57. The van der Waals surface area contributed by atoms with Crippen LogP contribution in [0.1, 0.15) is 33.3 Å². The van der Waals surface area contributed by atoms with Gasteiger partial charge in [-0.15, -0.1) is 0 Å². The van der Waals surface area contributed by atoms with Crippen molar-refractivity contribution >= 4 is 16.8 Å². The van der Waals surface area contributed by atoms with E-state index in [2.05, 4.69) is 29.2 Å². The highest BCUT2D eigenvalue weighted by atomic mass is 16.5. The number of H-pyrrole nitrogens is 1. The molecule has 5 aromatic rings. The highest BCUT2D eigenvalue weighted by molar-refractivity contribution is 6.02. The summed E-state index contributed by atoms with van der Waals surface area (Å²) < 4.78 is 11.1. The lowest BCUT2D eigenvalue weighted by Crippen LogP contribution is -2.28. The number of para-hydroxylation sites is 1. The van der Waals surface area contributed by atoms with Gasteiger partial charge in [-0.05, 0) is 42.0 Å². The maximum atomic E-state index is 13.6. The van der Waals surface area contributed by atoms with Crippen LogP contribution in [0.2, 0.25) is 0 Å². The van der Waals surface area contributed by atoms with E-state index in [9.17, 15) is 4.79 Å². The second kappa shape index (κ2) is 7.71. The van der Waals surface area contributed by atoms with E-state index in [0.29, 0.717) is 6.54 Å². The number of fused-ring (bicyclic) bond motifs is 2. The van der Waals surface area contributed by atoms with Gasteiger partial charge in [0.25, 0.3) is 5.91 Å². The van der Waals surface area contributed by atoms with Crippen molar-refractivity contribution in [1.29, 1.82) is 0 Å². The number of ether oxygens (including phenoxy) is 1. The number of aromatic nitrogens is 1. The summed E-state index contributed by atoms with van der Waals surface area (Å²) in [7, 11) is 1.67. The molecule has 3 heterocycles. The van der Waals surface area contributed by atoms with Crippen molar-refractivity contribution in [2.24, 2.45) is 0 Å². The minimum Gasteiger partial charge on any atom is -0.497 e. The Hall–Kier alpha value is -4.25. The Morgan fingerprint density at radius 1 is 0.970 bits per heavy atom. The third-order valence-electron chi connectivity index (χ3n) is 6.34. The first kappa shape index (κ1) is 19.4. The zero-order chi connectivity index (χ0) is 22.4. The number of benzene rings is 3. The van der Waals surface area contributed by atoms with Crippen LogP contribution in [-0.4, -0.2) is 22.9 Å². The number of amides is 1. The van der Waals surface area contributed by atoms with E-state index >= 15 is 0 Å². The molecule has 0 aliphatic carbocycles. The number of furan rings is 1. The van der Waals surface area contributed by atoms with Gasteiger partial charge in [0.2, 0.25) is 0 Å². The number of hydrogen-bond acceptors (Lipinski definition) is 3. The number of methoxy groups -OCH3 is 1. The average molecular weight is 434 g/mol. The molecule has 5 nitrogen and oxygen atoms in total. The minimum atomic E-state index is -0.254. The highest BCUT2D eigenvalue weighted by Crippen LogP contribution is 2.46. The molecule has 1 unspecified atom stereocenters. The van der Waals surface area contributed by atoms with Crippen molar-refractivity contribution in [2.75, 3.05) is 7.11 Å². The first-order valence-electron chi connectivity index (χ1n) is 10.9. The maximum Gasteiger partial charge on any atom is 0.255 e. The van der Waals surface area contributed by atoms with Crippen LogP contribution < -0.4 is 4.74 Å². The Labute approximate surface area is 191 Å². The number of nitrogens with zero attached hydrogens (tertiary/aromatic N) is 1. The fourth-order valence-corrected chi connectivity index (χ4v) is 4.87. The molecule has 3 aromatic carbocycles. The van der Waals surface area contributed by atoms with Crippen molar-refractivity contribution < 1.29 is 13.9 Å². The summed E-state index contributed by atoms with van der Waals surface area (Å²) in [5.41, 5.74) is 5.83. The van der Waals surface area contributed by atoms with Gasteiger partial charge in [-0.3, -0.25) is 4.79 Å². The van der Waals surface area contributed by atoms with Crippen molar-refractivity contribution in [3.63, 3.8) is 0 Å². The summed E-state index contributed by atoms with van der Waals surface area (Å²) in [6.45, 7) is 0.391. The molecule has 1 atom stereocenters. The Balaban J connectivity index is 1.61. The third kappa shape index (κ3) is 3.12. The lowest BCUT2D eigenvalue weighted by atomic mass is 9.93. The molecule has 0 saturated carbocycles. The van der Waals surface area contributed by atoms with Gasteiger partial charge in [0.1, 0.15) is 11.5 Å². The van der Waals surface area contributed by atoms with Gasteiger partial charge in [-0.1, -0.05) is 48.5 Å². The van der Waals surface area contributed by atoms with E-state index in [0.717, 1.165) is 50.4 Å². The van der Waals surface area contributed by atoms with Crippen LogP contribution in [0.5, 0.6) is 5.75 Å². The molecule has 2 aromatic heterocycles. The monoisotopic (exact) mass is 434 g/mol. The van der Waals surface area contributed by atoms with E-state index < -0.39 is 0 Å². The minimum absolute atomic E-state index is 0.00822. The molecular formula is C28H22N2O3. The van der Waals surface area contributed by atoms with Gasteiger partial charge in [0.05, 0.1) is 31.7 Å². The van der Waals surface area contributed by atoms with Crippen LogP contribution in [-0.2, 0) is 6.54 Å². The molecule has 1 N–H and O–H groups in total. The largest absolute Gasteiger partial charge is 0.497 e. The first-order chi connectivity index (χ1) is 16.2. The van der Waals surface area contributed by atoms with E-state index in [1.165, 1.54) is 0 Å². The molecule has 5 heteroatoms. The van der Waals surface area contributed by atoms with Gasteiger partial charge < -0.3 is 19.0 Å². The van der Waals surface area contributed by atoms with E-state index in [4.69, 9.17) is 9.15 Å². The first-order valence-corrected chi connectivity index (χ1v) is 10.9. The van der Waals surface area contributed by atoms with Crippen LogP contribution in [0, 0.1) is 0 Å². The van der Waals surface area contributed by atoms with E-state index in [1.54, 1.807) is 13.4 Å². The van der Waals surface area contributed by atoms with Crippen molar-refractivity contribution in [2.45, 2.75) is 12.6 Å². The number of hydrogen-bond donors (Lipinski definition) is 1. The SMILES string of the molecule is COc1cccc(-c2[nH]c3ccccc3c2C2c3ccccc3C(=O)N2Cc2ccco2)c1. The molecule has 33 heavy (non-hydrogen) atoms. The lowest BCUT2D eigenvalue weighted by Gasteiger charge is -2.26. The van der Waals surface area contributed by atoms with Crippen LogP contribution in [0.15, 0.2) is 95.6 Å². The fourth-order valence-electron chi connectivity index (χ4n) is 4.87. The zero-order valence-electron chi connectivity index (χ0n) is 18.1. The summed E-state index contributed by atoms with van der Waals surface area (Å²) in [6, 6.07) is 27.6. The molecule has 0 fully saturated rings. The number of aromatic amines is 1. The molecule has 0 saturated heterocycles. The number of nitrogens with one attached hydrogen (secondary N) is 1. The fraction of sp³-hybridized carbons (Fsp3) is 0.107. The predicted octanol–water partition coefficient (Wildman–Crippen LogP) is 6.18. The third-order valence-corrected chi connectivity index (χ3v) is 6.34. The van der Waals surface area contributed by atoms with Crippen LogP contribution >= 0.6 is 0 Å². The zero-order valence-corrected chi connectivity index (χ0v) is 18.1. The van der Waals surface area contributed by atoms with Crippen LogP contribution in [0.3, 0.4) is 0 Å². The standard InChI is InChI=1S/C28H22N2O3/c1-32-19-9-6-8-18(16-19)26-25(23-13-4-5-14-24(23)29-26)27-21-11-2-3-12-22(21)28(31)30(27)17-20-10-7-15-33-20/h2-16,27,29H,17H2,1H3. The second-order valence-corrected chi connectivity index (χ2v) is 8.19. The van der Waals surface area contributed by atoms with Gasteiger partial charge in [0, 0.05) is 27.6 Å². The number of rotatable bonds is 5. The Morgan fingerprint density at radius 3 is 2.67 bits per heavy atom. The van der Waals surface area contributed by atoms with Gasteiger partial charge in [-0.2, -0.15) is 0 Å². The molecule has 162 valence electrons. The summed E-state index contributed by atoms with van der Waals surface area (Å²) in [6.07, 6.45) is 1.64. The number of carbonyl (C=O) groups excluding carboxylic acids is 1. The van der Waals surface area contributed by atoms with Crippen LogP contribution in [0.25, 0.3) is 22.2 Å². The topological polar surface area (TPSA) is 58.5 Å². The number of carbonyl (C=O) groups is 1. The lowest BCUT2D eigenvalue weighted by molar-refractivity contribution is 0.0724. The molecule has 1 aliphatic rings. The summed E-state index contributed by atoms with van der Waals surface area (Å²) in [5.74, 6) is 1.55. The summed E-state index contributed by atoms with van der Waals surface area (Å²) >= 11 is 0. The van der Waals surface area contributed by atoms with Crippen molar-refractivity contribution in [3.8, 4) is 17.0 Å². The van der Waals surface area contributed by atoms with E-state index in [-0.39, 0.29) is 11.9 Å². The Morgan fingerprint density at radius 2 is 1.82 bits per heavy atom. The van der Waals surface area contributed by atoms with Gasteiger partial charge >= 0.3 is 0 Å². The second-order valence-electron chi connectivity index (χ2n) is 8.19. The van der Waals surface area contributed by atoms with Gasteiger partial charge in [0.15, 0.2) is 0 Å². The Kier molecular flexibility index (Phi) is 4.54. The molecule has 1 aliphatic heterocycles. The quantitative estimate of drug-likeness (QED) is 0.359. The smallest absolute Gasteiger partial charge is 0.255 e. The normalized spacial score (nSPS) is 15.2. The molecular weight excluding hydrogens is 412 g/mol. The van der Waals surface area contributed by atoms with E-state index in [1.807, 2.05) is 65.6 Å². The van der Waals surface area contributed by atoms with Crippen molar-refractivity contribution in [1.82, 2.24) is 9.88 Å². The highest BCUT2D eigenvalue weighted by Gasteiger charge is 2.40. The maximum absolute atomic E-state index is 13.6. The molecule has 6 rings (SSSR count). The molecule has 1 amide bonds. The summed E-state index contributed by atoms with van der Waals surface area (Å²) in [4.78, 5) is 19.1. The van der Waals surface area contributed by atoms with Crippen molar-refractivity contribution in [3.05, 3.63) is 114 Å².